The molecule has 1 saturated heterocycles. The van der Waals surface area contributed by atoms with Crippen LogP contribution in [-0.2, 0) is 20.9 Å². The minimum absolute atomic E-state index is 0.0649. The summed E-state index contributed by atoms with van der Waals surface area (Å²) in [5, 5.41) is 4.73. The van der Waals surface area contributed by atoms with Gasteiger partial charge in [-0.1, -0.05) is 60.7 Å². The van der Waals surface area contributed by atoms with Crippen molar-refractivity contribution in [1.29, 1.82) is 0 Å². The number of fused-ring (bicyclic) bond motifs is 1. The van der Waals surface area contributed by atoms with Gasteiger partial charge in [0.1, 0.15) is 24.6 Å². The lowest BCUT2D eigenvalue weighted by molar-refractivity contribution is -0.143. The van der Waals surface area contributed by atoms with Gasteiger partial charge in [-0.15, -0.1) is 0 Å². The number of para-hydroxylation sites is 1. The highest BCUT2D eigenvalue weighted by Crippen LogP contribution is 2.25. The van der Waals surface area contributed by atoms with E-state index in [0.717, 1.165) is 21.2 Å². The third-order valence-corrected chi connectivity index (χ3v) is 4.96. The maximum absolute atomic E-state index is 12.5. The van der Waals surface area contributed by atoms with Gasteiger partial charge in [-0.2, -0.15) is 0 Å². The molecule has 1 fully saturated rings. The van der Waals surface area contributed by atoms with Crippen LogP contribution in [0.1, 0.15) is 11.1 Å². The number of esters is 1. The molecular formula is C24H20N2O5. The fourth-order valence-electron chi connectivity index (χ4n) is 3.37. The standard InChI is InChI=1S/C24H20N2O5/c1-30-22(27)14-26-23(28)20(25-24(26)29)13-17-8-3-5-12-21(17)31-15-18-10-6-9-16-7-2-4-11-19(16)18/h2-13H,14-15H2,1H3,(H,25,29)/b20-13+. The zero-order chi connectivity index (χ0) is 21.8. The molecule has 1 aliphatic heterocycles. The number of hydrogen-bond acceptors (Lipinski definition) is 5. The summed E-state index contributed by atoms with van der Waals surface area (Å²) in [6, 6.07) is 20.7. The summed E-state index contributed by atoms with van der Waals surface area (Å²) in [5.74, 6) is -0.709. The van der Waals surface area contributed by atoms with E-state index in [1.54, 1.807) is 12.1 Å². The van der Waals surface area contributed by atoms with Gasteiger partial charge in [0.2, 0.25) is 0 Å². The molecule has 0 atom stereocenters. The monoisotopic (exact) mass is 416 g/mol. The Hall–Kier alpha value is -4.13. The van der Waals surface area contributed by atoms with Crippen LogP contribution in [0.5, 0.6) is 5.75 Å². The van der Waals surface area contributed by atoms with E-state index in [9.17, 15) is 14.4 Å². The van der Waals surface area contributed by atoms with Crippen LogP contribution < -0.4 is 10.1 Å². The SMILES string of the molecule is COC(=O)CN1C(=O)N/C(=C/c2ccccc2OCc2cccc3ccccc23)C1=O. The van der Waals surface area contributed by atoms with E-state index >= 15 is 0 Å². The highest BCUT2D eigenvalue weighted by atomic mass is 16.5. The van der Waals surface area contributed by atoms with Gasteiger partial charge in [0.05, 0.1) is 7.11 Å². The molecule has 0 aliphatic carbocycles. The molecule has 0 radical (unpaired) electrons. The van der Waals surface area contributed by atoms with Crippen LogP contribution >= 0.6 is 0 Å². The van der Waals surface area contributed by atoms with E-state index in [0.29, 0.717) is 17.9 Å². The molecule has 4 rings (SSSR count). The average molecular weight is 416 g/mol. The molecule has 0 spiro atoms. The number of methoxy groups -OCH3 is 1. The van der Waals surface area contributed by atoms with Gasteiger partial charge in [-0.05, 0) is 28.5 Å². The number of carbonyl (C=O) groups excluding carboxylic acids is 3. The van der Waals surface area contributed by atoms with Gasteiger partial charge in [0.25, 0.3) is 5.91 Å². The maximum atomic E-state index is 12.5. The summed E-state index contributed by atoms with van der Waals surface area (Å²) < 4.78 is 10.6. The molecule has 0 unspecified atom stereocenters. The predicted octanol–water partition coefficient (Wildman–Crippen LogP) is 3.48. The Balaban J connectivity index is 1.56. The van der Waals surface area contributed by atoms with Crippen LogP contribution in [0.15, 0.2) is 72.4 Å². The minimum Gasteiger partial charge on any atom is -0.488 e. The van der Waals surface area contributed by atoms with E-state index in [1.807, 2.05) is 54.6 Å². The van der Waals surface area contributed by atoms with E-state index in [-0.39, 0.29) is 5.70 Å². The van der Waals surface area contributed by atoms with Gasteiger partial charge >= 0.3 is 12.0 Å². The third-order valence-electron chi connectivity index (χ3n) is 4.96. The molecule has 0 aromatic heterocycles. The second-order valence-electron chi connectivity index (χ2n) is 6.92. The molecule has 3 aromatic carbocycles. The molecule has 7 heteroatoms. The van der Waals surface area contributed by atoms with Gasteiger partial charge in [-0.3, -0.25) is 9.59 Å². The Morgan fingerprint density at radius 1 is 1.00 bits per heavy atom. The van der Waals surface area contributed by atoms with Crippen molar-refractivity contribution in [2.24, 2.45) is 0 Å². The molecule has 31 heavy (non-hydrogen) atoms. The first-order chi connectivity index (χ1) is 15.1. The number of hydrogen-bond donors (Lipinski definition) is 1. The Morgan fingerprint density at radius 3 is 2.58 bits per heavy atom. The van der Waals surface area contributed by atoms with E-state index in [1.165, 1.54) is 13.2 Å². The summed E-state index contributed by atoms with van der Waals surface area (Å²) in [7, 11) is 1.20. The van der Waals surface area contributed by atoms with Crippen molar-refractivity contribution < 1.29 is 23.9 Å². The number of nitrogens with zero attached hydrogens (tertiary/aromatic N) is 1. The molecular weight excluding hydrogens is 396 g/mol. The lowest BCUT2D eigenvalue weighted by atomic mass is 10.1. The van der Waals surface area contributed by atoms with Crippen molar-refractivity contribution in [3.05, 3.63) is 83.6 Å². The topological polar surface area (TPSA) is 84.9 Å². The predicted molar refractivity (Wildman–Crippen MR) is 115 cm³/mol. The van der Waals surface area contributed by atoms with Crippen molar-refractivity contribution in [2.75, 3.05) is 13.7 Å². The highest BCUT2D eigenvalue weighted by molar-refractivity contribution is 6.15. The summed E-state index contributed by atoms with van der Waals surface area (Å²) in [6.07, 6.45) is 1.54. The van der Waals surface area contributed by atoms with Gasteiger partial charge < -0.3 is 14.8 Å². The number of urea groups is 1. The Kier molecular flexibility index (Phi) is 5.66. The zero-order valence-electron chi connectivity index (χ0n) is 16.8. The number of ether oxygens (including phenoxy) is 2. The van der Waals surface area contributed by atoms with Crippen molar-refractivity contribution in [2.45, 2.75) is 6.61 Å². The van der Waals surface area contributed by atoms with Gasteiger partial charge in [0.15, 0.2) is 0 Å². The van der Waals surface area contributed by atoms with E-state index in [2.05, 4.69) is 10.1 Å². The zero-order valence-corrected chi connectivity index (χ0v) is 16.8. The number of carbonyl (C=O) groups is 3. The van der Waals surface area contributed by atoms with Gasteiger partial charge in [0, 0.05) is 5.56 Å². The maximum Gasteiger partial charge on any atom is 0.329 e. The average Bonchev–Trinajstić information content (AvgIpc) is 3.05. The molecule has 1 N–H and O–H groups in total. The lowest BCUT2D eigenvalue weighted by Gasteiger charge is -2.12. The first-order valence-electron chi connectivity index (χ1n) is 9.66. The number of amides is 3. The number of nitrogens with one attached hydrogen (secondary N) is 1. The first kappa shape index (κ1) is 20.2. The van der Waals surface area contributed by atoms with Gasteiger partial charge in [-0.25, -0.2) is 9.69 Å². The molecule has 3 aromatic rings. The number of rotatable bonds is 6. The lowest BCUT2D eigenvalue weighted by Crippen LogP contribution is -2.36. The van der Waals surface area contributed by atoms with Crippen LogP contribution in [0.3, 0.4) is 0 Å². The molecule has 1 aliphatic rings. The molecule has 0 saturated carbocycles. The molecule has 3 amide bonds. The van der Waals surface area contributed by atoms with Crippen LogP contribution in [0.4, 0.5) is 4.79 Å². The fraction of sp³-hybridized carbons (Fsp3) is 0.125. The quantitative estimate of drug-likeness (QED) is 0.378. The van der Waals surface area contributed by atoms with Crippen LogP contribution in [0, 0.1) is 0 Å². The second-order valence-corrected chi connectivity index (χ2v) is 6.92. The van der Waals surface area contributed by atoms with Crippen molar-refractivity contribution in [3.8, 4) is 5.75 Å². The van der Waals surface area contributed by atoms with Crippen LogP contribution in [0.2, 0.25) is 0 Å². The Bertz CT molecular complexity index is 1200. The number of imide groups is 1. The summed E-state index contributed by atoms with van der Waals surface area (Å²) >= 11 is 0. The number of benzene rings is 3. The third kappa shape index (κ3) is 4.25. The summed E-state index contributed by atoms with van der Waals surface area (Å²) in [5.41, 5.74) is 1.73. The van der Waals surface area contributed by atoms with E-state index < -0.39 is 24.5 Å². The highest BCUT2D eigenvalue weighted by Gasteiger charge is 2.35. The van der Waals surface area contributed by atoms with E-state index in [4.69, 9.17) is 4.74 Å². The second kappa shape index (κ2) is 8.71. The molecule has 156 valence electrons. The van der Waals surface area contributed by atoms with Crippen molar-refractivity contribution >= 4 is 34.8 Å². The normalized spacial score (nSPS) is 14.7. The summed E-state index contributed by atoms with van der Waals surface area (Å²) in [6.45, 7) is -0.103. The van der Waals surface area contributed by atoms with Crippen LogP contribution in [-0.4, -0.2) is 36.5 Å². The Labute approximate surface area is 178 Å². The summed E-state index contributed by atoms with van der Waals surface area (Å²) in [4.78, 5) is 36.9. The van der Waals surface area contributed by atoms with Crippen molar-refractivity contribution in [3.63, 3.8) is 0 Å². The molecule has 0 bridgehead atoms. The first-order valence-corrected chi connectivity index (χ1v) is 9.66. The molecule has 7 nitrogen and oxygen atoms in total. The van der Waals surface area contributed by atoms with Crippen LogP contribution in [0.25, 0.3) is 16.8 Å². The Morgan fingerprint density at radius 2 is 1.74 bits per heavy atom. The fourth-order valence-corrected chi connectivity index (χ4v) is 3.37. The largest absolute Gasteiger partial charge is 0.488 e. The molecule has 1 heterocycles. The smallest absolute Gasteiger partial charge is 0.329 e. The van der Waals surface area contributed by atoms with Crippen molar-refractivity contribution in [1.82, 2.24) is 10.2 Å². The minimum atomic E-state index is -0.677.